The minimum atomic E-state index is -0.417. The van der Waals surface area contributed by atoms with Gasteiger partial charge >= 0.3 is 0 Å². The Labute approximate surface area is 187 Å². The zero-order valence-electron chi connectivity index (χ0n) is 18.4. The number of benzene rings is 1. The van der Waals surface area contributed by atoms with Gasteiger partial charge in [-0.05, 0) is 65.1 Å². The number of hydrogen-bond donors (Lipinski definition) is 1. The third kappa shape index (κ3) is 3.05. The van der Waals surface area contributed by atoms with Crippen LogP contribution in [0.15, 0.2) is 33.8 Å². The predicted octanol–water partition coefficient (Wildman–Crippen LogP) is 5.01. The summed E-state index contributed by atoms with van der Waals surface area (Å²) in [5, 5.41) is 4.60. The molecule has 3 fully saturated rings. The summed E-state index contributed by atoms with van der Waals surface area (Å²) in [7, 11) is 0. The van der Waals surface area contributed by atoms with E-state index in [0.29, 0.717) is 23.8 Å². The zero-order chi connectivity index (χ0) is 21.7. The molecule has 1 aliphatic heterocycles. The molecule has 1 saturated heterocycles. The van der Waals surface area contributed by atoms with Gasteiger partial charge in [-0.15, -0.1) is 0 Å². The quantitative estimate of drug-likeness (QED) is 0.626. The van der Waals surface area contributed by atoms with E-state index in [1.165, 1.54) is 0 Å². The molecule has 2 unspecified atom stereocenters. The van der Waals surface area contributed by atoms with E-state index < -0.39 is 5.41 Å². The van der Waals surface area contributed by atoms with E-state index in [2.05, 4.69) is 59.1 Å². The van der Waals surface area contributed by atoms with Gasteiger partial charge in [-0.3, -0.25) is 9.59 Å². The van der Waals surface area contributed by atoms with Crippen LogP contribution in [0.5, 0.6) is 0 Å². The zero-order valence-corrected chi connectivity index (χ0v) is 20.0. The van der Waals surface area contributed by atoms with Crippen LogP contribution in [0, 0.1) is 22.2 Å². The van der Waals surface area contributed by atoms with E-state index >= 15 is 0 Å². The lowest BCUT2D eigenvalue weighted by atomic mass is 9.64. The van der Waals surface area contributed by atoms with Crippen molar-refractivity contribution < 1.29 is 9.59 Å². The number of carbonyl (C=O) groups excluding carboxylic acids is 2. The fourth-order valence-electron chi connectivity index (χ4n) is 5.86. The van der Waals surface area contributed by atoms with Crippen LogP contribution in [0.1, 0.15) is 70.2 Å². The van der Waals surface area contributed by atoms with Crippen LogP contribution in [0.25, 0.3) is 0 Å². The van der Waals surface area contributed by atoms with E-state index in [1.807, 2.05) is 18.2 Å². The number of fused-ring (bicyclic) bond motifs is 2. The molecule has 2 amide bonds. The highest BCUT2D eigenvalue weighted by atomic mass is 79.9. The highest BCUT2D eigenvalue weighted by molar-refractivity contribution is 9.10. The summed E-state index contributed by atoms with van der Waals surface area (Å²) < 4.78 is 0.744. The van der Waals surface area contributed by atoms with E-state index in [9.17, 15) is 9.59 Å². The van der Waals surface area contributed by atoms with Gasteiger partial charge in [-0.1, -0.05) is 39.8 Å². The fourth-order valence-corrected chi connectivity index (χ4v) is 6.33. The van der Waals surface area contributed by atoms with Gasteiger partial charge in [0.05, 0.1) is 11.0 Å². The standard InChI is InChI=1S/C24H32BrN3O2/c1-16-9-13-28(14-10-16)21(30)24-12-11-23(4,22(24,2)3)19(15-24)26-27-20(29)17-7-5-6-8-18(17)25/h5-8,16H,9-15H2,1-4H3,(H,27,29)/b26-19-. The molecule has 30 heavy (non-hydrogen) atoms. The highest BCUT2D eigenvalue weighted by Crippen LogP contribution is 2.71. The summed E-state index contributed by atoms with van der Waals surface area (Å²) >= 11 is 3.43. The molecule has 1 aromatic carbocycles. The van der Waals surface area contributed by atoms with Gasteiger partial charge in [0.1, 0.15) is 0 Å². The largest absolute Gasteiger partial charge is 0.342 e. The molecule has 2 bridgehead atoms. The molecule has 3 aliphatic rings. The number of rotatable bonds is 3. The molecule has 0 radical (unpaired) electrons. The van der Waals surface area contributed by atoms with Gasteiger partial charge in [0.25, 0.3) is 5.91 Å². The summed E-state index contributed by atoms with van der Waals surface area (Å²) in [6.07, 6.45) is 4.64. The first-order valence-corrected chi connectivity index (χ1v) is 11.8. The molecule has 1 heterocycles. The van der Waals surface area contributed by atoms with Crippen molar-refractivity contribution in [2.45, 2.75) is 59.8 Å². The van der Waals surface area contributed by atoms with Crippen molar-refractivity contribution in [2.75, 3.05) is 13.1 Å². The Bertz CT molecular complexity index is 903. The van der Waals surface area contributed by atoms with Crippen LogP contribution < -0.4 is 5.43 Å². The molecule has 2 atom stereocenters. The Morgan fingerprint density at radius 1 is 1.13 bits per heavy atom. The van der Waals surface area contributed by atoms with Crippen molar-refractivity contribution in [3.8, 4) is 0 Å². The summed E-state index contributed by atoms with van der Waals surface area (Å²) in [6.45, 7) is 10.7. The molecule has 0 aromatic heterocycles. The van der Waals surface area contributed by atoms with E-state index in [0.717, 1.165) is 49.0 Å². The second-order valence-corrected chi connectivity index (χ2v) is 11.0. The number of hydrogen-bond acceptors (Lipinski definition) is 3. The Morgan fingerprint density at radius 2 is 1.80 bits per heavy atom. The molecule has 1 N–H and O–H groups in total. The molecule has 4 rings (SSSR count). The lowest BCUT2D eigenvalue weighted by Crippen LogP contribution is -2.50. The van der Waals surface area contributed by atoms with Gasteiger partial charge in [-0.25, -0.2) is 5.43 Å². The maximum Gasteiger partial charge on any atom is 0.272 e. The van der Waals surface area contributed by atoms with Crippen molar-refractivity contribution in [1.29, 1.82) is 0 Å². The molecular weight excluding hydrogens is 442 g/mol. The number of amides is 2. The third-order valence-electron chi connectivity index (χ3n) is 8.62. The van der Waals surface area contributed by atoms with Crippen LogP contribution in [0.2, 0.25) is 0 Å². The van der Waals surface area contributed by atoms with Crippen LogP contribution >= 0.6 is 15.9 Å². The number of halogens is 1. The van der Waals surface area contributed by atoms with E-state index in [-0.39, 0.29) is 16.7 Å². The van der Waals surface area contributed by atoms with Gasteiger partial charge < -0.3 is 4.90 Å². The topological polar surface area (TPSA) is 61.8 Å². The summed E-state index contributed by atoms with van der Waals surface area (Å²) in [5.41, 5.74) is 3.48. The molecular formula is C24H32BrN3O2. The minimum absolute atomic E-state index is 0.188. The SMILES string of the molecule is CC1CCN(C(=O)C23CCC(C)(/C(=N\NC(=O)c4ccccc4Br)C2)C3(C)C)CC1. The Morgan fingerprint density at radius 3 is 2.47 bits per heavy atom. The molecule has 1 aromatic rings. The van der Waals surface area contributed by atoms with Gasteiger partial charge in [-0.2, -0.15) is 5.10 Å². The van der Waals surface area contributed by atoms with Crippen molar-refractivity contribution in [2.24, 2.45) is 27.3 Å². The molecule has 162 valence electrons. The molecule has 6 heteroatoms. The first-order chi connectivity index (χ1) is 14.1. The number of hydrazone groups is 1. The first kappa shape index (κ1) is 21.5. The van der Waals surface area contributed by atoms with Gasteiger partial charge in [0, 0.05) is 35.1 Å². The van der Waals surface area contributed by atoms with Crippen molar-refractivity contribution in [3.63, 3.8) is 0 Å². The normalized spacial score (nSPS) is 31.9. The van der Waals surface area contributed by atoms with Crippen molar-refractivity contribution in [3.05, 3.63) is 34.3 Å². The molecule has 2 aliphatic carbocycles. The van der Waals surface area contributed by atoms with Crippen LogP contribution in [-0.2, 0) is 4.79 Å². The first-order valence-electron chi connectivity index (χ1n) is 11.0. The third-order valence-corrected chi connectivity index (χ3v) is 9.32. The lowest BCUT2D eigenvalue weighted by molar-refractivity contribution is -0.148. The maximum atomic E-state index is 13.8. The average Bonchev–Trinajstić information content (AvgIpc) is 3.03. The van der Waals surface area contributed by atoms with E-state index in [4.69, 9.17) is 0 Å². The van der Waals surface area contributed by atoms with E-state index in [1.54, 1.807) is 6.07 Å². The van der Waals surface area contributed by atoms with Gasteiger partial charge in [0.2, 0.25) is 5.91 Å². The minimum Gasteiger partial charge on any atom is -0.342 e. The summed E-state index contributed by atoms with van der Waals surface area (Å²) in [5.74, 6) is 0.761. The monoisotopic (exact) mass is 473 g/mol. The Balaban J connectivity index is 1.59. The molecule has 5 nitrogen and oxygen atoms in total. The molecule has 2 saturated carbocycles. The highest BCUT2D eigenvalue weighted by Gasteiger charge is 2.72. The fraction of sp³-hybridized carbons (Fsp3) is 0.625. The lowest BCUT2D eigenvalue weighted by Gasteiger charge is -2.43. The maximum absolute atomic E-state index is 13.8. The second kappa shape index (κ2) is 7.47. The number of piperidine rings is 1. The number of likely N-dealkylation sites (tertiary alicyclic amines) is 1. The van der Waals surface area contributed by atoms with Crippen molar-refractivity contribution in [1.82, 2.24) is 10.3 Å². The number of nitrogens with one attached hydrogen (secondary N) is 1. The average molecular weight is 474 g/mol. The predicted molar refractivity (Wildman–Crippen MR) is 122 cm³/mol. The number of nitrogens with zero attached hydrogens (tertiary/aromatic N) is 2. The summed E-state index contributed by atoms with van der Waals surface area (Å²) in [4.78, 5) is 28.5. The summed E-state index contributed by atoms with van der Waals surface area (Å²) in [6, 6.07) is 7.33. The van der Waals surface area contributed by atoms with Crippen LogP contribution in [-0.4, -0.2) is 35.5 Å². The Kier molecular flexibility index (Phi) is 5.36. The van der Waals surface area contributed by atoms with Crippen LogP contribution in [0.3, 0.4) is 0 Å². The Hall–Kier alpha value is -1.69. The van der Waals surface area contributed by atoms with Crippen molar-refractivity contribution >= 4 is 33.5 Å². The number of carbonyl (C=O) groups is 2. The molecule has 0 spiro atoms. The van der Waals surface area contributed by atoms with Gasteiger partial charge in [0.15, 0.2) is 0 Å². The second-order valence-electron chi connectivity index (χ2n) is 10.2. The smallest absolute Gasteiger partial charge is 0.272 e. The van der Waals surface area contributed by atoms with Crippen LogP contribution in [0.4, 0.5) is 0 Å².